The Morgan fingerprint density at radius 2 is 1.86 bits per heavy atom. The number of aliphatic imine (C=N–C) groups is 1. The molecule has 0 saturated carbocycles. The lowest BCUT2D eigenvalue weighted by atomic mass is 10.00. The van der Waals surface area contributed by atoms with Crippen LogP contribution in [0.1, 0.15) is 23.6 Å². The summed E-state index contributed by atoms with van der Waals surface area (Å²) in [5, 5.41) is 6.52. The van der Waals surface area contributed by atoms with Crippen molar-refractivity contribution in [3.8, 4) is 5.75 Å². The molecule has 6 nitrogen and oxygen atoms in total. The van der Waals surface area contributed by atoms with Crippen molar-refractivity contribution >= 4 is 11.9 Å². The highest BCUT2D eigenvalue weighted by atomic mass is 16.5. The van der Waals surface area contributed by atoms with Gasteiger partial charge < -0.3 is 20.3 Å². The molecule has 29 heavy (non-hydrogen) atoms. The van der Waals surface area contributed by atoms with Gasteiger partial charge in [0.15, 0.2) is 5.96 Å². The summed E-state index contributed by atoms with van der Waals surface area (Å²) in [4.78, 5) is 19.0. The first-order chi connectivity index (χ1) is 14.2. The molecule has 6 heteroatoms. The molecule has 1 heterocycles. The van der Waals surface area contributed by atoms with E-state index in [1.165, 1.54) is 11.1 Å². The number of ether oxygens (including phenoxy) is 1. The van der Waals surface area contributed by atoms with Crippen LogP contribution >= 0.6 is 0 Å². The fourth-order valence-corrected chi connectivity index (χ4v) is 3.52. The van der Waals surface area contributed by atoms with Crippen molar-refractivity contribution in [2.75, 3.05) is 33.3 Å². The fourth-order valence-electron chi connectivity index (χ4n) is 3.52. The topological polar surface area (TPSA) is 66.0 Å². The molecule has 2 N–H and O–H groups in total. The van der Waals surface area contributed by atoms with E-state index in [2.05, 4.69) is 39.9 Å². The number of carbonyl (C=O) groups excluding carboxylic acids is 1. The molecule has 1 aliphatic rings. The third-order valence-electron chi connectivity index (χ3n) is 5.08. The summed E-state index contributed by atoms with van der Waals surface area (Å²) in [7, 11) is 1.68. The van der Waals surface area contributed by atoms with Crippen molar-refractivity contribution < 1.29 is 9.53 Å². The molecule has 0 aliphatic carbocycles. The molecular weight excluding hydrogens is 364 g/mol. The van der Waals surface area contributed by atoms with Crippen LogP contribution in [0.3, 0.4) is 0 Å². The van der Waals surface area contributed by atoms with E-state index in [4.69, 9.17) is 4.74 Å². The lowest BCUT2D eigenvalue weighted by Gasteiger charge is -2.28. The molecule has 0 unspecified atom stereocenters. The van der Waals surface area contributed by atoms with Crippen LogP contribution in [-0.2, 0) is 24.2 Å². The Labute approximate surface area is 173 Å². The van der Waals surface area contributed by atoms with Gasteiger partial charge in [-0.25, -0.2) is 4.99 Å². The number of carbonyl (C=O) groups is 1. The van der Waals surface area contributed by atoms with Gasteiger partial charge in [0.1, 0.15) is 12.3 Å². The van der Waals surface area contributed by atoms with E-state index in [0.29, 0.717) is 19.0 Å². The molecule has 0 fully saturated rings. The smallest absolute Gasteiger partial charge is 0.244 e. The number of guanidine groups is 1. The molecule has 0 spiro atoms. The maximum atomic E-state index is 12.6. The van der Waals surface area contributed by atoms with Crippen LogP contribution in [0.25, 0.3) is 0 Å². The maximum Gasteiger partial charge on any atom is 0.244 e. The number of rotatable bonds is 7. The number of benzene rings is 2. The zero-order valence-corrected chi connectivity index (χ0v) is 17.3. The number of methoxy groups -OCH3 is 1. The van der Waals surface area contributed by atoms with Gasteiger partial charge in [-0.15, -0.1) is 0 Å². The second-order valence-corrected chi connectivity index (χ2v) is 7.02. The third-order valence-corrected chi connectivity index (χ3v) is 5.08. The number of hydrogen-bond acceptors (Lipinski definition) is 3. The van der Waals surface area contributed by atoms with Crippen molar-refractivity contribution in [2.24, 2.45) is 4.99 Å². The van der Waals surface area contributed by atoms with Crippen LogP contribution < -0.4 is 15.4 Å². The van der Waals surface area contributed by atoms with E-state index >= 15 is 0 Å². The predicted octanol–water partition coefficient (Wildman–Crippen LogP) is 2.38. The fraction of sp³-hybridized carbons (Fsp3) is 0.391. The minimum Gasteiger partial charge on any atom is -0.496 e. The molecule has 0 atom stereocenters. The summed E-state index contributed by atoms with van der Waals surface area (Å²) in [6.07, 6.45) is 1.72. The van der Waals surface area contributed by atoms with Crippen molar-refractivity contribution in [1.82, 2.24) is 15.5 Å². The predicted molar refractivity (Wildman–Crippen MR) is 116 cm³/mol. The molecule has 0 saturated heterocycles. The van der Waals surface area contributed by atoms with E-state index in [0.717, 1.165) is 37.2 Å². The van der Waals surface area contributed by atoms with Gasteiger partial charge in [0.05, 0.1) is 7.11 Å². The average molecular weight is 395 g/mol. The van der Waals surface area contributed by atoms with E-state index in [-0.39, 0.29) is 12.5 Å². The normalized spacial score (nSPS) is 13.6. The second kappa shape index (κ2) is 10.5. The Morgan fingerprint density at radius 1 is 1.10 bits per heavy atom. The molecule has 0 bridgehead atoms. The Balaban J connectivity index is 1.53. The van der Waals surface area contributed by atoms with Crippen LogP contribution in [0.15, 0.2) is 53.5 Å². The van der Waals surface area contributed by atoms with E-state index < -0.39 is 0 Å². The lowest BCUT2D eigenvalue weighted by Crippen LogP contribution is -2.41. The minimum atomic E-state index is 0.0569. The molecule has 2 aromatic carbocycles. The van der Waals surface area contributed by atoms with Crippen LogP contribution in [0, 0.1) is 0 Å². The van der Waals surface area contributed by atoms with E-state index in [9.17, 15) is 4.79 Å². The van der Waals surface area contributed by atoms with E-state index in [1.54, 1.807) is 7.11 Å². The zero-order valence-electron chi connectivity index (χ0n) is 17.3. The first-order valence-corrected chi connectivity index (χ1v) is 10.2. The summed E-state index contributed by atoms with van der Waals surface area (Å²) in [5.74, 6) is 1.60. The van der Waals surface area contributed by atoms with Gasteiger partial charge in [0.2, 0.25) is 5.91 Å². The number of nitrogens with one attached hydrogen (secondary N) is 2. The van der Waals surface area contributed by atoms with Crippen molar-refractivity contribution in [3.05, 3.63) is 65.2 Å². The highest BCUT2D eigenvalue weighted by Gasteiger charge is 2.20. The third kappa shape index (κ3) is 5.73. The molecule has 3 rings (SSSR count). The van der Waals surface area contributed by atoms with Gasteiger partial charge in [0, 0.05) is 26.2 Å². The average Bonchev–Trinajstić information content (AvgIpc) is 2.77. The standard InChI is InChI=1S/C23H30N4O2/c1-3-24-23(25-14-12-19-9-6-7-11-21(19)29-2)26-16-22(28)27-15-13-18-8-4-5-10-20(18)17-27/h4-11H,3,12-17H2,1-2H3,(H2,24,25,26). The summed E-state index contributed by atoms with van der Waals surface area (Å²) in [6.45, 7) is 5.03. The van der Waals surface area contributed by atoms with Gasteiger partial charge in [-0.1, -0.05) is 42.5 Å². The molecular formula is C23H30N4O2. The van der Waals surface area contributed by atoms with Gasteiger partial charge in [-0.2, -0.15) is 0 Å². The van der Waals surface area contributed by atoms with Gasteiger partial charge in [0.25, 0.3) is 0 Å². The summed E-state index contributed by atoms with van der Waals surface area (Å²) in [5.41, 5.74) is 3.71. The van der Waals surface area contributed by atoms with Crippen molar-refractivity contribution in [1.29, 1.82) is 0 Å². The SMILES string of the molecule is CCNC(=NCC(=O)N1CCc2ccccc2C1)NCCc1ccccc1OC. The Kier molecular flexibility index (Phi) is 7.50. The first-order valence-electron chi connectivity index (χ1n) is 10.2. The molecule has 154 valence electrons. The number of hydrogen-bond donors (Lipinski definition) is 2. The van der Waals surface area contributed by atoms with Crippen LogP contribution in [0.5, 0.6) is 5.75 Å². The molecule has 0 aromatic heterocycles. The highest BCUT2D eigenvalue weighted by molar-refractivity contribution is 5.85. The Bertz CT molecular complexity index is 850. The zero-order chi connectivity index (χ0) is 20.5. The van der Waals surface area contributed by atoms with Gasteiger partial charge >= 0.3 is 0 Å². The summed E-state index contributed by atoms with van der Waals surface area (Å²) < 4.78 is 5.40. The number of amides is 1. The maximum absolute atomic E-state index is 12.6. The number of nitrogens with zero attached hydrogens (tertiary/aromatic N) is 2. The van der Waals surface area contributed by atoms with Crippen molar-refractivity contribution in [3.63, 3.8) is 0 Å². The summed E-state index contributed by atoms with van der Waals surface area (Å²) in [6, 6.07) is 16.3. The Morgan fingerprint density at radius 3 is 2.66 bits per heavy atom. The van der Waals surface area contributed by atoms with Crippen LogP contribution in [-0.4, -0.2) is 50.1 Å². The second-order valence-electron chi connectivity index (χ2n) is 7.02. The monoisotopic (exact) mass is 394 g/mol. The largest absolute Gasteiger partial charge is 0.496 e. The highest BCUT2D eigenvalue weighted by Crippen LogP contribution is 2.18. The molecule has 1 amide bonds. The van der Waals surface area contributed by atoms with Gasteiger partial charge in [-0.3, -0.25) is 4.79 Å². The van der Waals surface area contributed by atoms with Crippen molar-refractivity contribution in [2.45, 2.75) is 26.3 Å². The van der Waals surface area contributed by atoms with Crippen LogP contribution in [0.4, 0.5) is 0 Å². The van der Waals surface area contributed by atoms with E-state index in [1.807, 2.05) is 36.1 Å². The quantitative estimate of drug-likeness (QED) is 0.559. The minimum absolute atomic E-state index is 0.0569. The summed E-state index contributed by atoms with van der Waals surface area (Å²) >= 11 is 0. The lowest BCUT2D eigenvalue weighted by molar-refractivity contribution is -0.130. The van der Waals surface area contributed by atoms with Gasteiger partial charge in [-0.05, 0) is 42.5 Å². The molecule has 1 aliphatic heterocycles. The number of fused-ring (bicyclic) bond motifs is 1. The Hall–Kier alpha value is -3.02. The molecule has 2 aromatic rings. The van der Waals surface area contributed by atoms with Crippen LogP contribution in [0.2, 0.25) is 0 Å². The molecule has 0 radical (unpaired) electrons. The first kappa shape index (κ1) is 20.7. The number of para-hydroxylation sites is 1.